The van der Waals surface area contributed by atoms with E-state index >= 15 is 0 Å². The van der Waals surface area contributed by atoms with E-state index in [-0.39, 0.29) is 12.5 Å². The SMILES string of the molecule is Cc1cc(Br)ccc1NC(=O)CN(C)c1cc(-c2ccccc2)nc2ncnn12. The second-order valence-corrected chi connectivity index (χ2v) is 7.62. The summed E-state index contributed by atoms with van der Waals surface area (Å²) in [6.07, 6.45) is 1.46. The average molecular weight is 451 g/mol. The largest absolute Gasteiger partial charge is 0.350 e. The Kier molecular flexibility index (Phi) is 5.26. The van der Waals surface area contributed by atoms with Crippen LogP contribution >= 0.6 is 15.9 Å². The highest BCUT2D eigenvalue weighted by atomic mass is 79.9. The lowest BCUT2D eigenvalue weighted by Crippen LogP contribution is -2.31. The van der Waals surface area contributed by atoms with Crippen LogP contribution in [0.2, 0.25) is 0 Å². The van der Waals surface area contributed by atoms with Gasteiger partial charge in [0, 0.05) is 28.8 Å². The molecule has 1 amide bonds. The number of nitrogens with zero attached hydrogens (tertiary/aromatic N) is 5. The highest BCUT2D eigenvalue weighted by Gasteiger charge is 2.15. The normalized spacial score (nSPS) is 10.9. The third-order valence-corrected chi connectivity index (χ3v) is 5.03. The lowest BCUT2D eigenvalue weighted by molar-refractivity contribution is -0.114. The first kappa shape index (κ1) is 19.1. The zero-order chi connectivity index (χ0) is 20.4. The van der Waals surface area contributed by atoms with Crippen molar-refractivity contribution in [3.8, 4) is 11.3 Å². The number of hydrogen-bond acceptors (Lipinski definition) is 5. The smallest absolute Gasteiger partial charge is 0.254 e. The maximum absolute atomic E-state index is 12.6. The Bertz CT molecular complexity index is 1170. The van der Waals surface area contributed by atoms with Crippen LogP contribution in [-0.4, -0.2) is 39.1 Å². The number of amides is 1. The summed E-state index contributed by atoms with van der Waals surface area (Å²) in [5.41, 5.74) is 3.53. The van der Waals surface area contributed by atoms with Crippen LogP contribution < -0.4 is 10.2 Å². The summed E-state index contributed by atoms with van der Waals surface area (Å²) in [5, 5.41) is 7.22. The van der Waals surface area contributed by atoms with E-state index in [0.717, 1.165) is 32.8 Å². The van der Waals surface area contributed by atoms with Crippen molar-refractivity contribution in [1.82, 2.24) is 19.6 Å². The third kappa shape index (κ3) is 4.12. The summed E-state index contributed by atoms with van der Waals surface area (Å²) in [5.74, 6) is 1.09. The van der Waals surface area contributed by atoms with E-state index in [1.165, 1.54) is 6.33 Å². The van der Waals surface area contributed by atoms with Crippen molar-refractivity contribution in [2.75, 3.05) is 23.8 Å². The van der Waals surface area contributed by atoms with Crippen molar-refractivity contribution in [3.63, 3.8) is 0 Å². The molecule has 8 heteroatoms. The highest BCUT2D eigenvalue weighted by molar-refractivity contribution is 9.10. The van der Waals surface area contributed by atoms with Crippen molar-refractivity contribution in [2.45, 2.75) is 6.92 Å². The van der Waals surface area contributed by atoms with Gasteiger partial charge in [-0.3, -0.25) is 4.79 Å². The molecule has 29 heavy (non-hydrogen) atoms. The molecule has 0 saturated heterocycles. The molecule has 1 N–H and O–H groups in total. The molecule has 4 rings (SSSR count). The minimum Gasteiger partial charge on any atom is -0.350 e. The van der Waals surface area contributed by atoms with Crippen molar-refractivity contribution in [1.29, 1.82) is 0 Å². The number of carbonyl (C=O) groups is 1. The minimum absolute atomic E-state index is 0.121. The summed E-state index contributed by atoms with van der Waals surface area (Å²) in [6.45, 7) is 2.11. The van der Waals surface area contributed by atoms with E-state index < -0.39 is 0 Å². The second-order valence-electron chi connectivity index (χ2n) is 6.70. The number of rotatable bonds is 5. The molecular formula is C21H19BrN6O. The fraction of sp³-hybridized carbons (Fsp3) is 0.143. The maximum Gasteiger partial charge on any atom is 0.254 e. The molecule has 0 spiro atoms. The first-order chi connectivity index (χ1) is 14.0. The Morgan fingerprint density at radius 3 is 2.72 bits per heavy atom. The maximum atomic E-state index is 12.6. The van der Waals surface area contributed by atoms with Gasteiger partial charge in [0.2, 0.25) is 5.91 Å². The van der Waals surface area contributed by atoms with E-state index in [2.05, 4.69) is 36.3 Å². The molecule has 0 fully saturated rings. The van der Waals surface area contributed by atoms with E-state index in [1.807, 2.05) is 73.5 Å². The van der Waals surface area contributed by atoms with Crippen LogP contribution in [0.5, 0.6) is 0 Å². The average Bonchev–Trinajstić information content (AvgIpc) is 3.18. The van der Waals surface area contributed by atoms with Gasteiger partial charge in [0.1, 0.15) is 12.1 Å². The Hall–Kier alpha value is -3.26. The van der Waals surface area contributed by atoms with Crippen molar-refractivity contribution in [2.24, 2.45) is 0 Å². The van der Waals surface area contributed by atoms with Gasteiger partial charge in [-0.25, -0.2) is 4.98 Å². The first-order valence-corrected chi connectivity index (χ1v) is 9.84. The number of carbonyl (C=O) groups excluding carboxylic acids is 1. The lowest BCUT2D eigenvalue weighted by atomic mass is 10.1. The first-order valence-electron chi connectivity index (χ1n) is 9.04. The summed E-state index contributed by atoms with van der Waals surface area (Å²) in [7, 11) is 1.85. The molecule has 0 atom stereocenters. The standard InChI is InChI=1S/C21H19BrN6O/c1-14-10-16(22)8-9-17(14)25-19(29)12-27(2)20-11-18(15-6-4-3-5-7-15)26-21-23-13-24-28(20)21/h3-11,13H,12H2,1-2H3,(H,25,29). The lowest BCUT2D eigenvalue weighted by Gasteiger charge is -2.20. The van der Waals surface area contributed by atoms with Gasteiger partial charge in [0.15, 0.2) is 0 Å². The van der Waals surface area contributed by atoms with Gasteiger partial charge in [-0.1, -0.05) is 46.3 Å². The number of anilines is 2. The molecule has 146 valence electrons. The fourth-order valence-electron chi connectivity index (χ4n) is 3.08. The highest BCUT2D eigenvalue weighted by Crippen LogP contribution is 2.23. The van der Waals surface area contributed by atoms with Crippen LogP contribution in [0.15, 0.2) is 65.4 Å². The number of aromatic nitrogens is 4. The zero-order valence-corrected chi connectivity index (χ0v) is 17.6. The Labute approximate surface area is 176 Å². The number of halogens is 1. The van der Waals surface area contributed by atoms with E-state index in [1.54, 1.807) is 4.52 Å². The molecular weight excluding hydrogens is 432 g/mol. The van der Waals surface area contributed by atoms with Crippen molar-refractivity contribution < 1.29 is 4.79 Å². The van der Waals surface area contributed by atoms with Gasteiger partial charge < -0.3 is 10.2 Å². The van der Waals surface area contributed by atoms with Gasteiger partial charge in [-0.2, -0.15) is 14.6 Å². The predicted molar refractivity (Wildman–Crippen MR) is 117 cm³/mol. The van der Waals surface area contributed by atoms with Gasteiger partial charge >= 0.3 is 0 Å². The molecule has 2 aromatic heterocycles. The van der Waals surface area contributed by atoms with Gasteiger partial charge in [-0.05, 0) is 30.7 Å². The summed E-state index contributed by atoms with van der Waals surface area (Å²) < 4.78 is 2.61. The molecule has 0 aliphatic rings. The molecule has 0 unspecified atom stereocenters. The number of nitrogens with one attached hydrogen (secondary N) is 1. The number of aryl methyl sites for hydroxylation is 1. The molecule has 0 saturated carbocycles. The summed E-state index contributed by atoms with van der Waals surface area (Å²) in [4.78, 5) is 23.3. The monoisotopic (exact) mass is 450 g/mol. The molecule has 0 bridgehead atoms. The summed E-state index contributed by atoms with van der Waals surface area (Å²) in [6, 6.07) is 17.5. The zero-order valence-electron chi connectivity index (χ0n) is 16.0. The Morgan fingerprint density at radius 1 is 1.17 bits per heavy atom. The van der Waals surface area contributed by atoms with Crippen LogP contribution in [0.4, 0.5) is 11.5 Å². The molecule has 4 aromatic rings. The van der Waals surface area contributed by atoms with Crippen LogP contribution in [0.25, 0.3) is 17.0 Å². The molecule has 0 aliphatic heterocycles. The van der Waals surface area contributed by atoms with Crippen LogP contribution in [0, 0.1) is 6.92 Å². The molecule has 7 nitrogen and oxygen atoms in total. The van der Waals surface area contributed by atoms with Crippen LogP contribution in [0.3, 0.4) is 0 Å². The third-order valence-electron chi connectivity index (χ3n) is 4.54. The van der Waals surface area contributed by atoms with Crippen LogP contribution in [-0.2, 0) is 4.79 Å². The van der Waals surface area contributed by atoms with E-state index in [4.69, 9.17) is 0 Å². The minimum atomic E-state index is -0.121. The van der Waals surface area contributed by atoms with Gasteiger partial charge in [0.05, 0.1) is 12.2 Å². The second kappa shape index (κ2) is 8.00. The quantitative estimate of drug-likeness (QED) is 0.498. The Balaban J connectivity index is 1.60. The fourth-order valence-corrected chi connectivity index (χ4v) is 3.55. The molecule has 2 heterocycles. The molecule has 2 aromatic carbocycles. The van der Waals surface area contributed by atoms with Crippen LogP contribution in [0.1, 0.15) is 5.56 Å². The predicted octanol–water partition coefficient (Wildman–Crippen LogP) is 3.94. The topological polar surface area (TPSA) is 75.4 Å². The number of likely N-dealkylation sites (N-methyl/N-ethyl adjacent to an activating group) is 1. The number of fused-ring (bicyclic) bond motifs is 1. The van der Waals surface area contributed by atoms with E-state index in [0.29, 0.717) is 5.78 Å². The van der Waals surface area contributed by atoms with Gasteiger partial charge in [-0.15, -0.1) is 0 Å². The van der Waals surface area contributed by atoms with Crippen molar-refractivity contribution >= 4 is 39.1 Å². The van der Waals surface area contributed by atoms with E-state index in [9.17, 15) is 4.79 Å². The molecule has 0 radical (unpaired) electrons. The number of hydrogen-bond donors (Lipinski definition) is 1. The summed E-state index contributed by atoms with van der Waals surface area (Å²) >= 11 is 3.44. The Morgan fingerprint density at radius 2 is 1.97 bits per heavy atom. The molecule has 0 aliphatic carbocycles. The number of benzene rings is 2. The van der Waals surface area contributed by atoms with Gasteiger partial charge in [0.25, 0.3) is 5.78 Å². The van der Waals surface area contributed by atoms with Crippen molar-refractivity contribution in [3.05, 3.63) is 71.0 Å².